The number of pyridine rings is 1. The SMILES string of the molecule is CCOC(=O)c1cnn(-c2ccc(C(=O)NCc3cccnc3)cc2)c1C. The van der Waals surface area contributed by atoms with Gasteiger partial charge in [0.05, 0.1) is 24.2 Å². The zero-order chi connectivity index (χ0) is 19.2. The first-order chi connectivity index (χ1) is 13.1. The van der Waals surface area contributed by atoms with Crippen LogP contribution in [0.5, 0.6) is 0 Å². The summed E-state index contributed by atoms with van der Waals surface area (Å²) in [5, 5.41) is 7.10. The fourth-order valence-corrected chi connectivity index (χ4v) is 2.62. The predicted octanol–water partition coefficient (Wildman–Crippen LogP) is 2.68. The van der Waals surface area contributed by atoms with Crippen molar-refractivity contribution in [3.05, 3.63) is 77.4 Å². The predicted molar refractivity (Wildman–Crippen MR) is 99.7 cm³/mol. The fourth-order valence-electron chi connectivity index (χ4n) is 2.62. The highest BCUT2D eigenvalue weighted by molar-refractivity contribution is 5.94. The lowest BCUT2D eigenvalue weighted by atomic mass is 10.2. The number of esters is 1. The van der Waals surface area contributed by atoms with E-state index >= 15 is 0 Å². The van der Waals surface area contributed by atoms with Gasteiger partial charge in [0, 0.05) is 24.5 Å². The molecule has 0 saturated carbocycles. The van der Waals surface area contributed by atoms with E-state index in [9.17, 15) is 9.59 Å². The average Bonchev–Trinajstić information content (AvgIpc) is 3.08. The maximum atomic E-state index is 12.3. The summed E-state index contributed by atoms with van der Waals surface area (Å²) in [5.74, 6) is -0.567. The van der Waals surface area contributed by atoms with E-state index < -0.39 is 5.97 Å². The van der Waals surface area contributed by atoms with Crippen LogP contribution in [0.4, 0.5) is 0 Å². The molecule has 0 aliphatic carbocycles. The number of hydrogen-bond acceptors (Lipinski definition) is 5. The topological polar surface area (TPSA) is 86.1 Å². The van der Waals surface area contributed by atoms with E-state index in [-0.39, 0.29) is 5.91 Å². The molecule has 27 heavy (non-hydrogen) atoms. The third-order valence-corrected chi connectivity index (χ3v) is 4.06. The summed E-state index contributed by atoms with van der Waals surface area (Å²) in [6, 6.07) is 10.7. The second kappa shape index (κ2) is 8.27. The van der Waals surface area contributed by atoms with Crippen LogP contribution >= 0.6 is 0 Å². The van der Waals surface area contributed by atoms with E-state index in [1.54, 1.807) is 55.2 Å². The van der Waals surface area contributed by atoms with E-state index in [1.165, 1.54) is 6.20 Å². The molecule has 1 amide bonds. The minimum Gasteiger partial charge on any atom is -0.462 e. The molecule has 3 aromatic rings. The zero-order valence-electron chi connectivity index (χ0n) is 15.2. The molecule has 0 bridgehead atoms. The number of hydrogen-bond donors (Lipinski definition) is 1. The quantitative estimate of drug-likeness (QED) is 0.680. The van der Waals surface area contributed by atoms with Gasteiger partial charge in [0.15, 0.2) is 0 Å². The lowest BCUT2D eigenvalue weighted by molar-refractivity contribution is 0.0525. The van der Waals surface area contributed by atoms with Crippen molar-refractivity contribution < 1.29 is 14.3 Å². The van der Waals surface area contributed by atoms with E-state index in [4.69, 9.17) is 4.74 Å². The van der Waals surface area contributed by atoms with E-state index in [0.717, 1.165) is 11.3 Å². The standard InChI is InChI=1S/C20H20N4O3/c1-3-27-20(26)18-13-23-24(14(18)2)17-8-6-16(7-9-17)19(25)22-12-15-5-4-10-21-11-15/h4-11,13H,3,12H2,1-2H3,(H,22,25). The van der Waals surface area contributed by atoms with Crippen LogP contribution in [-0.4, -0.2) is 33.2 Å². The number of carbonyl (C=O) groups excluding carboxylic acids is 2. The molecule has 3 rings (SSSR count). The number of carbonyl (C=O) groups is 2. The Kier molecular flexibility index (Phi) is 5.61. The van der Waals surface area contributed by atoms with Crippen molar-refractivity contribution in [1.82, 2.24) is 20.1 Å². The molecule has 0 aliphatic heterocycles. The molecule has 138 valence electrons. The van der Waals surface area contributed by atoms with Crippen molar-refractivity contribution in [3.8, 4) is 5.69 Å². The summed E-state index contributed by atoms with van der Waals surface area (Å²) in [7, 11) is 0. The third-order valence-electron chi connectivity index (χ3n) is 4.06. The third kappa shape index (κ3) is 4.20. The van der Waals surface area contributed by atoms with Gasteiger partial charge in [-0.2, -0.15) is 5.10 Å². The Morgan fingerprint density at radius 3 is 2.59 bits per heavy atom. The molecule has 0 unspecified atom stereocenters. The van der Waals surface area contributed by atoms with Crippen LogP contribution in [0.25, 0.3) is 5.69 Å². The van der Waals surface area contributed by atoms with Crippen molar-refractivity contribution in [2.24, 2.45) is 0 Å². The van der Waals surface area contributed by atoms with Crippen molar-refractivity contribution in [3.63, 3.8) is 0 Å². The molecule has 0 radical (unpaired) electrons. The number of rotatable bonds is 6. The van der Waals surface area contributed by atoms with Gasteiger partial charge in [-0.15, -0.1) is 0 Å². The van der Waals surface area contributed by atoms with Crippen molar-refractivity contribution >= 4 is 11.9 Å². The molecular weight excluding hydrogens is 344 g/mol. The number of amides is 1. The Balaban J connectivity index is 1.70. The maximum absolute atomic E-state index is 12.3. The number of nitrogens with zero attached hydrogens (tertiary/aromatic N) is 3. The smallest absolute Gasteiger partial charge is 0.341 e. The summed E-state index contributed by atoms with van der Waals surface area (Å²) in [6.45, 7) is 4.28. The molecule has 0 spiro atoms. The highest BCUT2D eigenvalue weighted by Crippen LogP contribution is 2.16. The Morgan fingerprint density at radius 2 is 1.93 bits per heavy atom. The van der Waals surface area contributed by atoms with Crippen LogP contribution in [0, 0.1) is 6.92 Å². The van der Waals surface area contributed by atoms with E-state index in [1.807, 2.05) is 12.1 Å². The van der Waals surface area contributed by atoms with Gasteiger partial charge < -0.3 is 10.1 Å². The monoisotopic (exact) mass is 364 g/mol. The molecule has 2 aromatic heterocycles. The summed E-state index contributed by atoms with van der Waals surface area (Å²) in [5.41, 5.74) is 3.34. The van der Waals surface area contributed by atoms with Gasteiger partial charge in [-0.3, -0.25) is 9.78 Å². The molecule has 7 heteroatoms. The highest BCUT2D eigenvalue weighted by atomic mass is 16.5. The Hall–Kier alpha value is -3.48. The van der Waals surface area contributed by atoms with Gasteiger partial charge >= 0.3 is 5.97 Å². The van der Waals surface area contributed by atoms with Crippen LogP contribution in [-0.2, 0) is 11.3 Å². The van der Waals surface area contributed by atoms with Crippen LogP contribution in [0.3, 0.4) is 0 Å². The average molecular weight is 364 g/mol. The zero-order valence-corrected chi connectivity index (χ0v) is 15.2. The first kappa shape index (κ1) is 18.3. The molecular formula is C20H20N4O3. The fraction of sp³-hybridized carbons (Fsp3) is 0.200. The molecule has 7 nitrogen and oxygen atoms in total. The molecule has 0 fully saturated rings. The van der Waals surface area contributed by atoms with Gasteiger partial charge in [-0.25, -0.2) is 9.48 Å². The second-order valence-corrected chi connectivity index (χ2v) is 5.87. The van der Waals surface area contributed by atoms with E-state index in [2.05, 4.69) is 15.4 Å². The number of benzene rings is 1. The Morgan fingerprint density at radius 1 is 1.15 bits per heavy atom. The summed E-state index contributed by atoms with van der Waals surface area (Å²) < 4.78 is 6.66. The first-order valence-electron chi connectivity index (χ1n) is 8.59. The van der Waals surface area contributed by atoms with Gasteiger partial charge in [0.25, 0.3) is 5.91 Å². The minimum absolute atomic E-state index is 0.171. The summed E-state index contributed by atoms with van der Waals surface area (Å²) >= 11 is 0. The number of aromatic nitrogens is 3. The largest absolute Gasteiger partial charge is 0.462 e. The van der Waals surface area contributed by atoms with Crippen LogP contribution in [0.1, 0.15) is 38.9 Å². The van der Waals surface area contributed by atoms with Gasteiger partial charge in [0.2, 0.25) is 0 Å². The minimum atomic E-state index is -0.396. The molecule has 1 N–H and O–H groups in total. The van der Waals surface area contributed by atoms with Crippen molar-refractivity contribution in [2.45, 2.75) is 20.4 Å². The molecule has 0 atom stereocenters. The highest BCUT2D eigenvalue weighted by Gasteiger charge is 2.16. The summed E-state index contributed by atoms with van der Waals surface area (Å²) in [4.78, 5) is 28.2. The normalized spacial score (nSPS) is 10.4. The van der Waals surface area contributed by atoms with Crippen molar-refractivity contribution in [1.29, 1.82) is 0 Å². The van der Waals surface area contributed by atoms with Gasteiger partial charge in [0.1, 0.15) is 5.56 Å². The van der Waals surface area contributed by atoms with Crippen molar-refractivity contribution in [2.75, 3.05) is 6.61 Å². The molecule has 0 saturated heterocycles. The first-order valence-corrected chi connectivity index (χ1v) is 8.59. The van der Waals surface area contributed by atoms with Crippen LogP contribution in [0.15, 0.2) is 55.0 Å². The number of ether oxygens (including phenoxy) is 1. The van der Waals surface area contributed by atoms with Gasteiger partial charge in [-0.05, 0) is 49.7 Å². The lowest BCUT2D eigenvalue weighted by Gasteiger charge is -2.08. The molecule has 1 aromatic carbocycles. The molecule has 0 aliphatic rings. The Bertz CT molecular complexity index is 934. The van der Waals surface area contributed by atoms with E-state index in [0.29, 0.717) is 30.0 Å². The lowest BCUT2D eigenvalue weighted by Crippen LogP contribution is -2.22. The maximum Gasteiger partial charge on any atom is 0.341 e. The molecule has 2 heterocycles. The second-order valence-electron chi connectivity index (χ2n) is 5.87. The van der Waals surface area contributed by atoms with Crippen LogP contribution in [0.2, 0.25) is 0 Å². The number of nitrogens with one attached hydrogen (secondary N) is 1. The Labute approximate surface area is 157 Å². The van der Waals surface area contributed by atoms with Crippen LogP contribution < -0.4 is 5.32 Å². The van der Waals surface area contributed by atoms with Gasteiger partial charge in [-0.1, -0.05) is 6.07 Å². The summed E-state index contributed by atoms with van der Waals surface area (Å²) in [6.07, 6.45) is 4.89.